The molecule has 6 heteroatoms. The Balaban J connectivity index is 1.63. The number of nitrogens with zero attached hydrogens (tertiary/aromatic N) is 2. The van der Waals surface area contributed by atoms with E-state index >= 15 is 0 Å². The summed E-state index contributed by atoms with van der Waals surface area (Å²) in [7, 11) is 0. The molecule has 0 bridgehead atoms. The normalized spacial score (nSPS) is 14.7. The number of hydrogen-bond donors (Lipinski definition) is 1. The van der Waals surface area contributed by atoms with Gasteiger partial charge in [0.15, 0.2) is 0 Å². The first-order valence-corrected chi connectivity index (χ1v) is 10.4. The van der Waals surface area contributed by atoms with E-state index in [0.717, 1.165) is 36.9 Å². The van der Waals surface area contributed by atoms with E-state index in [0.29, 0.717) is 23.0 Å². The lowest BCUT2D eigenvalue weighted by molar-refractivity contribution is 0.0923. The molecule has 4 nitrogen and oxygen atoms in total. The molecule has 1 heterocycles. The van der Waals surface area contributed by atoms with E-state index in [2.05, 4.69) is 10.3 Å². The van der Waals surface area contributed by atoms with E-state index in [1.807, 2.05) is 16.7 Å². The van der Waals surface area contributed by atoms with Crippen molar-refractivity contribution >= 4 is 17.5 Å². The van der Waals surface area contributed by atoms with Crippen molar-refractivity contribution in [2.45, 2.75) is 44.6 Å². The minimum absolute atomic E-state index is 0.148. The highest BCUT2D eigenvalue weighted by Crippen LogP contribution is 2.21. The Morgan fingerprint density at radius 3 is 2.45 bits per heavy atom. The molecule has 150 valence electrons. The van der Waals surface area contributed by atoms with Crippen LogP contribution in [-0.2, 0) is 6.42 Å². The Morgan fingerprint density at radius 1 is 1.07 bits per heavy atom. The van der Waals surface area contributed by atoms with Crippen LogP contribution < -0.4 is 5.32 Å². The zero-order chi connectivity index (χ0) is 20.2. The lowest BCUT2D eigenvalue weighted by Gasteiger charge is -2.22. The summed E-state index contributed by atoms with van der Waals surface area (Å²) in [5.41, 5.74) is 2.19. The van der Waals surface area contributed by atoms with E-state index in [9.17, 15) is 9.18 Å². The Labute approximate surface area is 174 Å². The highest BCUT2D eigenvalue weighted by atomic mass is 35.5. The fourth-order valence-corrected chi connectivity index (χ4v) is 3.90. The Kier molecular flexibility index (Phi) is 5.95. The molecule has 1 saturated carbocycles. The van der Waals surface area contributed by atoms with Gasteiger partial charge in [-0.05, 0) is 54.8 Å². The maximum absolute atomic E-state index is 13.3. The van der Waals surface area contributed by atoms with Crippen LogP contribution in [0.2, 0.25) is 5.02 Å². The number of halogens is 2. The van der Waals surface area contributed by atoms with Crippen LogP contribution in [0.25, 0.3) is 5.69 Å². The van der Waals surface area contributed by atoms with Crippen LogP contribution in [-0.4, -0.2) is 21.5 Å². The fraction of sp³-hybridized carbons (Fsp3) is 0.304. The first-order valence-electron chi connectivity index (χ1n) is 9.98. The third-order valence-corrected chi connectivity index (χ3v) is 5.58. The van der Waals surface area contributed by atoms with Crippen molar-refractivity contribution < 1.29 is 9.18 Å². The molecular formula is C23H23ClFN3O. The number of benzene rings is 2. The SMILES string of the molecule is O=C(NC1CCCCC1)c1cn(-c2ccc(Cl)cc2)c(Cc2ccc(F)cc2)n1. The van der Waals surface area contributed by atoms with Crippen LogP contribution in [0.5, 0.6) is 0 Å². The summed E-state index contributed by atoms with van der Waals surface area (Å²) in [5.74, 6) is 0.292. The Hall–Kier alpha value is -2.66. The number of nitrogens with one attached hydrogen (secondary N) is 1. The van der Waals surface area contributed by atoms with Crippen LogP contribution in [0.4, 0.5) is 4.39 Å². The topological polar surface area (TPSA) is 46.9 Å². The molecule has 0 unspecified atom stereocenters. The van der Waals surface area contributed by atoms with Crippen LogP contribution in [0, 0.1) is 5.82 Å². The summed E-state index contributed by atoms with van der Waals surface area (Å²) in [6.07, 6.45) is 7.83. The summed E-state index contributed by atoms with van der Waals surface area (Å²) in [4.78, 5) is 17.4. The highest BCUT2D eigenvalue weighted by Gasteiger charge is 2.20. The molecule has 0 atom stereocenters. The predicted molar refractivity (Wildman–Crippen MR) is 112 cm³/mol. The number of aromatic nitrogens is 2. The van der Waals surface area contributed by atoms with Gasteiger partial charge in [0.1, 0.15) is 17.3 Å². The van der Waals surface area contributed by atoms with Gasteiger partial charge in [0, 0.05) is 29.4 Å². The van der Waals surface area contributed by atoms with Gasteiger partial charge in [-0.3, -0.25) is 4.79 Å². The van der Waals surface area contributed by atoms with Gasteiger partial charge < -0.3 is 9.88 Å². The average molecular weight is 412 g/mol. The van der Waals surface area contributed by atoms with Crippen LogP contribution in [0.3, 0.4) is 0 Å². The molecule has 1 fully saturated rings. The number of carbonyl (C=O) groups is 1. The molecule has 2 aromatic carbocycles. The molecule has 0 spiro atoms. The third-order valence-electron chi connectivity index (χ3n) is 5.33. The van der Waals surface area contributed by atoms with Crippen molar-refractivity contribution in [2.75, 3.05) is 0 Å². The molecular weight excluding hydrogens is 389 g/mol. The first kappa shape index (κ1) is 19.6. The second-order valence-corrected chi connectivity index (χ2v) is 7.94. The van der Waals surface area contributed by atoms with Crippen LogP contribution in [0.1, 0.15) is 54.0 Å². The van der Waals surface area contributed by atoms with Gasteiger partial charge in [-0.2, -0.15) is 0 Å². The zero-order valence-corrected chi connectivity index (χ0v) is 16.8. The maximum atomic E-state index is 13.3. The van der Waals surface area contributed by atoms with E-state index < -0.39 is 0 Å². The van der Waals surface area contributed by atoms with Crippen molar-refractivity contribution in [3.8, 4) is 5.69 Å². The minimum Gasteiger partial charge on any atom is -0.348 e. The van der Waals surface area contributed by atoms with Gasteiger partial charge in [0.25, 0.3) is 5.91 Å². The molecule has 0 aliphatic heterocycles. The fourth-order valence-electron chi connectivity index (χ4n) is 3.77. The van der Waals surface area contributed by atoms with E-state index in [-0.39, 0.29) is 17.8 Å². The lowest BCUT2D eigenvalue weighted by atomic mass is 9.95. The lowest BCUT2D eigenvalue weighted by Crippen LogP contribution is -2.36. The molecule has 1 aliphatic carbocycles. The standard InChI is InChI=1S/C23H23ClFN3O/c24-17-8-12-20(13-9-17)28-15-21(23(29)26-19-4-2-1-3-5-19)27-22(28)14-16-6-10-18(25)11-7-16/h6-13,15,19H,1-5,14H2,(H,26,29). The molecule has 3 aromatic rings. The number of imidazole rings is 1. The van der Waals surface area contributed by atoms with Crippen molar-refractivity contribution in [1.29, 1.82) is 0 Å². The largest absolute Gasteiger partial charge is 0.348 e. The van der Waals surface area contributed by atoms with E-state index in [1.165, 1.54) is 18.6 Å². The molecule has 1 aliphatic rings. The highest BCUT2D eigenvalue weighted by molar-refractivity contribution is 6.30. The van der Waals surface area contributed by atoms with Gasteiger partial charge >= 0.3 is 0 Å². The zero-order valence-electron chi connectivity index (χ0n) is 16.1. The smallest absolute Gasteiger partial charge is 0.271 e. The Morgan fingerprint density at radius 2 is 1.76 bits per heavy atom. The second-order valence-electron chi connectivity index (χ2n) is 7.50. The quantitative estimate of drug-likeness (QED) is 0.617. The average Bonchev–Trinajstić information content (AvgIpc) is 3.15. The monoisotopic (exact) mass is 411 g/mol. The van der Waals surface area contributed by atoms with Gasteiger partial charge in [-0.15, -0.1) is 0 Å². The molecule has 0 radical (unpaired) electrons. The maximum Gasteiger partial charge on any atom is 0.271 e. The molecule has 4 rings (SSSR count). The number of carbonyl (C=O) groups excluding carboxylic acids is 1. The molecule has 1 amide bonds. The number of amides is 1. The third kappa shape index (κ3) is 4.85. The van der Waals surface area contributed by atoms with E-state index in [4.69, 9.17) is 11.6 Å². The van der Waals surface area contributed by atoms with E-state index in [1.54, 1.807) is 30.5 Å². The van der Waals surface area contributed by atoms with Gasteiger partial charge in [0.2, 0.25) is 0 Å². The van der Waals surface area contributed by atoms with Gasteiger partial charge in [-0.25, -0.2) is 9.37 Å². The first-order chi connectivity index (χ1) is 14.1. The second kappa shape index (κ2) is 8.78. The minimum atomic E-state index is -0.276. The van der Waals surface area contributed by atoms with Crippen molar-refractivity contribution in [1.82, 2.24) is 14.9 Å². The van der Waals surface area contributed by atoms with Crippen molar-refractivity contribution in [2.24, 2.45) is 0 Å². The number of hydrogen-bond acceptors (Lipinski definition) is 2. The summed E-state index contributed by atoms with van der Waals surface area (Å²) < 4.78 is 15.2. The number of rotatable bonds is 5. The van der Waals surface area contributed by atoms with Gasteiger partial charge in [0.05, 0.1) is 0 Å². The van der Waals surface area contributed by atoms with Crippen molar-refractivity contribution in [3.05, 3.63) is 82.6 Å². The molecule has 1 aromatic heterocycles. The van der Waals surface area contributed by atoms with Gasteiger partial charge in [-0.1, -0.05) is 43.0 Å². The van der Waals surface area contributed by atoms with Crippen molar-refractivity contribution in [3.63, 3.8) is 0 Å². The molecule has 1 N–H and O–H groups in total. The molecule has 29 heavy (non-hydrogen) atoms. The summed E-state index contributed by atoms with van der Waals surface area (Å²) in [6, 6.07) is 13.9. The van der Waals surface area contributed by atoms with Crippen LogP contribution >= 0.6 is 11.6 Å². The van der Waals surface area contributed by atoms with Crippen LogP contribution in [0.15, 0.2) is 54.7 Å². The predicted octanol–water partition coefficient (Wildman–Crippen LogP) is 5.32. The summed E-state index contributed by atoms with van der Waals surface area (Å²) in [5, 5.41) is 3.76. The summed E-state index contributed by atoms with van der Waals surface area (Å²) >= 11 is 6.02. The molecule has 0 saturated heterocycles. The Bertz CT molecular complexity index is 976. The summed E-state index contributed by atoms with van der Waals surface area (Å²) in [6.45, 7) is 0.